The molecule has 23 nitrogen and oxygen atoms in total. The van der Waals surface area contributed by atoms with Crippen molar-refractivity contribution in [3.8, 4) is 0 Å². The molecule has 1 aromatic rings. The van der Waals surface area contributed by atoms with Crippen molar-refractivity contribution in [2.24, 2.45) is 17.8 Å². The summed E-state index contributed by atoms with van der Waals surface area (Å²) in [6.45, 7) is 10.8. The summed E-state index contributed by atoms with van der Waals surface area (Å²) in [4.78, 5) is 143. The van der Waals surface area contributed by atoms with E-state index in [0.29, 0.717) is 12.0 Å². The zero-order chi connectivity index (χ0) is 52.8. The molecule has 1 fully saturated rings. The monoisotopic (exact) mass is 983 g/mol. The molecule has 0 saturated carbocycles. The fraction of sp³-hybridized carbons (Fsp3) is 0.511. The number of hydrogen-bond acceptors (Lipinski definition) is 13. The third kappa shape index (κ3) is 19.7. The first-order chi connectivity index (χ1) is 32.9. The lowest BCUT2D eigenvalue weighted by molar-refractivity contribution is -0.147. The quantitative estimate of drug-likeness (QED) is 0.0628. The van der Waals surface area contributed by atoms with Gasteiger partial charge in [0, 0.05) is 32.3 Å². The Hall–Kier alpha value is -7.43. The Kier molecular flexibility index (Phi) is 24.1. The highest BCUT2D eigenvalue weighted by atomic mass is 16.5. The molecule has 1 saturated heterocycles. The Morgan fingerprint density at radius 1 is 0.757 bits per heavy atom. The van der Waals surface area contributed by atoms with Gasteiger partial charge in [0.2, 0.25) is 35.4 Å². The van der Waals surface area contributed by atoms with E-state index < -0.39 is 158 Å². The second-order valence-corrected chi connectivity index (χ2v) is 16.9. The smallest absolute Gasteiger partial charge is 0.327 e. The van der Waals surface area contributed by atoms with Gasteiger partial charge in [0.05, 0.1) is 36.8 Å². The highest BCUT2D eigenvalue weighted by molar-refractivity contribution is 6.00. The van der Waals surface area contributed by atoms with E-state index in [1.54, 1.807) is 20.1 Å². The highest BCUT2D eigenvalue weighted by Crippen LogP contribution is 2.18. The van der Waals surface area contributed by atoms with Gasteiger partial charge in [-0.3, -0.25) is 43.2 Å². The van der Waals surface area contributed by atoms with Gasteiger partial charge in [-0.15, -0.1) is 0 Å². The molecule has 10 N–H and O–H groups in total. The number of ether oxygens (including phenoxy) is 2. The van der Waals surface area contributed by atoms with Gasteiger partial charge < -0.3 is 62.0 Å². The number of carbonyl (C=O) groups is 11. The number of carboxylic acid groups (broad SMARTS) is 3. The molecular weight excluding hydrogens is 919 g/mol. The van der Waals surface area contributed by atoms with Gasteiger partial charge in [-0.2, -0.15) is 0 Å². The van der Waals surface area contributed by atoms with E-state index in [0.717, 1.165) is 26.5 Å². The van der Waals surface area contributed by atoms with Crippen LogP contribution in [0.4, 0.5) is 0 Å². The number of amides is 7. The van der Waals surface area contributed by atoms with Crippen LogP contribution in [0.3, 0.4) is 0 Å². The third-order valence-corrected chi connectivity index (χ3v) is 11.4. The molecule has 7 amide bonds. The molecule has 10 atom stereocenters. The first-order valence-electron chi connectivity index (χ1n) is 22.4. The van der Waals surface area contributed by atoms with Gasteiger partial charge in [0.15, 0.2) is 0 Å². The largest absolute Gasteiger partial charge is 0.481 e. The van der Waals surface area contributed by atoms with Crippen molar-refractivity contribution >= 4 is 65.2 Å². The standard InChI is InChI=1S/C47H65N7O16/c1-24(22-25(2)35(69-7)23-30-12-10-9-11-13-30)14-15-31-26(3)40(59)53-34(46(65)66)16-19-36(55)48-28(5)42(61)49-29(6)43(62)52-32(17-20-37(56)57)45(64)54-39(47(67)68)27(4)41(60)51-33(44(63)50-31)18-21-38(58)70-8/h9-15,22,25-27,29,31-35,39H,5,16-21,23H2,1-4,6-8H3,(H,48,55)(H,49,61)(H,50,63)(H,51,60)(H,52,62)(H,53,59)(H,54,64)(H,56,57)(H,65,66)(H,67,68). The molecule has 1 aliphatic heterocycles. The lowest BCUT2D eigenvalue weighted by Gasteiger charge is -2.28. The van der Waals surface area contributed by atoms with E-state index >= 15 is 0 Å². The maximum absolute atomic E-state index is 14.2. The van der Waals surface area contributed by atoms with E-state index in [1.807, 2.05) is 43.3 Å². The van der Waals surface area contributed by atoms with Crippen molar-refractivity contribution in [2.45, 2.75) is 122 Å². The molecule has 0 spiro atoms. The second-order valence-electron chi connectivity index (χ2n) is 16.9. The van der Waals surface area contributed by atoms with Crippen LogP contribution in [0.2, 0.25) is 0 Å². The van der Waals surface area contributed by atoms with Crippen LogP contribution in [0.15, 0.2) is 66.4 Å². The summed E-state index contributed by atoms with van der Waals surface area (Å²) in [6, 6.07) is -0.226. The molecule has 1 heterocycles. The van der Waals surface area contributed by atoms with Crippen LogP contribution >= 0.6 is 0 Å². The summed E-state index contributed by atoms with van der Waals surface area (Å²) in [5.74, 6) is -16.0. The molecule has 0 aromatic heterocycles. The van der Waals surface area contributed by atoms with Crippen molar-refractivity contribution in [1.82, 2.24) is 37.2 Å². The molecule has 0 radical (unpaired) electrons. The normalized spacial score (nSPS) is 25.2. The average molecular weight is 984 g/mol. The summed E-state index contributed by atoms with van der Waals surface area (Å²) in [6.07, 6.45) is 2.03. The third-order valence-electron chi connectivity index (χ3n) is 11.4. The fourth-order valence-electron chi connectivity index (χ4n) is 6.98. The number of aliphatic carboxylic acids is 3. The summed E-state index contributed by atoms with van der Waals surface area (Å²) in [7, 11) is 2.66. The van der Waals surface area contributed by atoms with E-state index in [9.17, 15) is 68.1 Å². The molecule has 1 aromatic carbocycles. The Balaban J connectivity index is 2.70. The van der Waals surface area contributed by atoms with Crippen LogP contribution in [0.5, 0.6) is 0 Å². The summed E-state index contributed by atoms with van der Waals surface area (Å²) < 4.78 is 10.5. The van der Waals surface area contributed by atoms with Gasteiger partial charge >= 0.3 is 23.9 Å². The predicted molar refractivity (Wildman–Crippen MR) is 248 cm³/mol. The van der Waals surface area contributed by atoms with Crippen molar-refractivity contribution in [3.05, 3.63) is 72.0 Å². The molecule has 2 rings (SSSR count). The molecule has 10 unspecified atom stereocenters. The van der Waals surface area contributed by atoms with Gasteiger partial charge in [0.1, 0.15) is 30.2 Å². The molecule has 70 heavy (non-hydrogen) atoms. The Morgan fingerprint density at radius 3 is 1.91 bits per heavy atom. The van der Waals surface area contributed by atoms with Gasteiger partial charge in [-0.05, 0) is 45.1 Å². The van der Waals surface area contributed by atoms with Crippen LogP contribution < -0.4 is 37.2 Å². The van der Waals surface area contributed by atoms with Gasteiger partial charge in [-0.25, -0.2) is 9.59 Å². The first kappa shape index (κ1) is 58.7. The first-order valence-corrected chi connectivity index (χ1v) is 22.4. The van der Waals surface area contributed by atoms with Crippen LogP contribution in [0.25, 0.3) is 0 Å². The maximum atomic E-state index is 14.2. The highest BCUT2D eigenvalue weighted by Gasteiger charge is 2.37. The second kappa shape index (κ2) is 28.8. The van der Waals surface area contributed by atoms with Crippen LogP contribution in [0.1, 0.15) is 78.7 Å². The van der Waals surface area contributed by atoms with Crippen LogP contribution in [-0.4, -0.2) is 137 Å². The van der Waals surface area contributed by atoms with E-state index in [4.69, 9.17) is 9.47 Å². The average Bonchev–Trinajstić information content (AvgIpc) is 3.31. The minimum atomic E-state index is -2.07. The number of allylic oxidation sites excluding steroid dienone is 2. The molecular formula is C47H65N7O16. The number of rotatable bonds is 15. The van der Waals surface area contributed by atoms with Crippen molar-refractivity contribution in [1.29, 1.82) is 0 Å². The zero-order valence-corrected chi connectivity index (χ0v) is 40.2. The lowest BCUT2D eigenvalue weighted by Crippen LogP contribution is -2.59. The topological polar surface area (TPSA) is 351 Å². The minimum Gasteiger partial charge on any atom is -0.481 e. The van der Waals surface area contributed by atoms with E-state index in [1.165, 1.54) is 13.0 Å². The van der Waals surface area contributed by atoms with Crippen molar-refractivity contribution in [3.63, 3.8) is 0 Å². The number of esters is 1. The van der Waals surface area contributed by atoms with E-state index in [-0.39, 0.29) is 12.0 Å². The number of nitrogens with one attached hydrogen (secondary N) is 7. The van der Waals surface area contributed by atoms with Crippen molar-refractivity contribution < 1.29 is 77.5 Å². The molecule has 384 valence electrons. The number of methoxy groups -OCH3 is 2. The summed E-state index contributed by atoms with van der Waals surface area (Å²) in [5, 5.41) is 45.7. The zero-order valence-electron chi connectivity index (χ0n) is 40.2. The Bertz CT molecular complexity index is 2160. The summed E-state index contributed by atoms with van der Waals surface area (Å²) in [5.41, 5.74) is 1.11. The maximum Gasteiger partial charge on any atom is 0.327 e. The van der Waals surface area contributed by atoms with Gasteiger partial charge in [-0.1, -0.05) is 81.5 Å². The number of carboxylic acids is 3. The fourth-order valence-corrected chi connectivity index (χ4v) is 6.98. The Labute approximate surface area is 405 Å². The number of carbonyl (C=O) groups excluding carboxylic acids is 8. The minimum absolute atomic E-state index is 0.159. The molecule has 0 aliphatic carbocycles. The van der Waals surface area contributed by atoms with Crippen LogP contribution in [-0.2, 0) is 68.6 Å². The summed E-state index contributed by atoms with van der Waals surface area (Å²) >= 11 is 0. The predicted octanol–water partition coefficient (Wildman–Crippen LogP) is -0.00550. The van der Waals surface area contributed by atoms with Crippen LogP contribution in [0, 0.1) is 17.8 Å². The SMILES string of the molecule is C=C1NC(=O)CCC(C(=O)O)NC(=O)C(C)C(C=CC(C)=CC(C)C(Cc2ccccc2)OC)NC(=O)C(CCC(=O)OC)NC(=O)C(C)C(C(=O)O)NC(=O)C(CCC(=O)O)NC(=O)C(C)NC1=O. The van der Waals surface area contributed by atoms with Gasteiger partial charge in [0.25, 0.3) is 5.91 Å². The molecule has 1 aliphatic rings. The number of hydrogen-bond donors (Lipinski definition) is 10. The molecule has 0 bridgehead atoms. The van der Waals surface area contributed by atoms with Crippen molar-refractivity contribution in [2.75, 3.05) is 14.2 Å². The van der Waals surface area contributed by atoms with E-state index in [2.05, 4.69) is 43.8 Å². The Morgan fingerprint density at radius 2 is 1.34 bits per heavy atom. The number of benzene rings is 1. The lowest BCUT2D eigenvalue weighted by atomic mass is 9.94. The molecule has 23 heteroatoms.